The molecule has 0 bridgehead atoms. The number of hydrogen-bond donors (Lipinski definition) is 0. The van der Waals surface area contributed by atoms with Crippen molar-refractivity contribution >= 4 is 32.8 Å². The van der Waals surface area contributed by atoms with E-state index in [2.05, 4.69) is 37.7 Å². The molecule has 0 saturated carbocycles. The molecule has 0 spiro atoms. The minimum Gasteiger partial charge on any atom is -0.465 e. The van der Waals surface area contributed by atoms with Crippen LogP contribution in [0.15, 0.2) is 28.9 Å². The third-order valence-electron chi connectivity index (χ3n) is 4.02. The topological polar surface area (TPSA) is 43.7 Å². The van der Waals surface area contributed by atoms with E-state index in [9.17, 15) is 4.79 Å². The summed E-state index contributed by atoms with van der Waals surface area (Å²) in [5, 5.41) is 1.11. The molecule has 0 amide bonds. The summed E-state index contributed by atoms with van der Waals surface area (Å²) in [5.41, 5.74) is 1.61. The van der Waals surface area contributed by atoms with Crippen molar-refractivity contribution in [3.63, 3.8) is 0 Å². The SMILES string of the molecule is COC(=O)c1cc(Br)c2ccn(CCN3CCOCC3)c2c1. The lowest BCUT2D eigenvalue weighted by Gasteiger charge is -2.26. The number of halogens is 1. The van der Waals surface area contributed by atoms with E-state index in [4.69, 9.17) is 9.47 Å². The number of aromatic nitrogens is 1. The van der Waals surface area contributed by atoms with Crippen molar-refractivity contribution in [2.75, 3.05) is 40.0 Å². The molecule has 1 aliphatic heterocycles. The molecular weight excluding hydrogens is 348 g/mol. The summed E-state index contributed by atoms with van der Waals surface area (Å²) in [5.74, 6) is -0.316. The molecular formula is C16H19BrN2O3. The molecule has 0 radical (unpaired) electrons. The highest BCUT2D eigenvalue weighted by atomic mass is 79.9. The van der Waals surface area contributed by atoms with E-state index in [0.717, 1.165) is 54.8 Å². The van der Waals surface area contributed by atoms with E-state index >= 15 is 0 Å². The fourth-order valence-electron chi connectivity index (χ4n) is 2.76. The molecule has 118 valence electrons. The first kappa shape index (κ1) is 15.5. The van der Waals surface area contributed by atoms with Gasteiger partial charge in [-0.05, 0) is 18.2 Å². The van der Waals surface area contributed by atoms with Crippen molar-refractivity contribution in [1.82, 2.24) is 9.47 Å². The van der Waals surface area contributed by atoms with Gasteiger partial charge in [-0.25, -0.2) is 4.79 Å². The Morgan fingerprint density at radius 3 is 2.82 bits per heavy atom. The number of carbonyl (C=O) groups is 1. The molecule has 1 aliphatic rings. The second-order valence-electron chi connectivity index (χ2n) is 5.35. The maximum Gasteiger partial charge on any atom is 0.337 e. The van der Waals surface area contributed by atoms with Crippen LogP contribution in [0.1, 0.15) is 10.4 Å². The molecule has 0 N–H and O–H groups in total. The molecule has 0 aliphatic carbocycles. The monoisotopic (exact) mass is 366 g/mol. The third-order valence-corrected chi connectivity index (χ3v) is 4.68. The molecule has 3 rings (SSSR count). The molecule has 5 nitrogen and oxygen atoms in total. The van der Waals surface area contributed by atoms with E-state index < -0.39 is 0 Å². The highest BCUT2D eigenvalue weighted by molar-refractivity contribution is 9.10. The van der Waals surface area contributed by atoms with Gasteiger partial charge in [0.05, 0.1) is 31.4 Å². The van der Waals surface area contributed by atoms with Gasteiger partial charge in [-0.3, -0.25) is 4.90 Å². The molecule has 1 aromatic carbocycles. The van der Waals surface area contributed by atoms with Crippen molar-refractivity contribution in [3.05, 3.63) is 34.4 Å². The average Bonchev–Trinajstić information content (AvgIpc) is 2.96. The van der Waals surface area contributed by atoms with Gasteiger partial charge in [0.1, 0.15) is 0 Å². The van der Waals surface area contributed by atoms with Crippen LogP contribution in [0, 0.1) is 0 Å². The van der Waals surface area contributed by atoms with E-state index in [1.165, 1.54) is 7.11 Å². The van der Waals surface area contributed by atoms with Gasteiger partial charge >= 0.3 is 5.97 Å². The van der Waals surface area contributed by atoms with Gasteiger partial charge in [0.15, 0.2) is 0 Å². The molecule has 1 fully saturated rings. The number of nitrogens with zero attached hydrogens (tertiary/aromatic N) is 2. The van der Waals surface area contributed by atoms with Crippen LogP contribution in [0.3, 0.4) is 0 Å². The largest absolute Gasteiger partial charge is 0.465 e. The number of rotatable bonds is 4. The van der Waals surface area contributed by atoms with Crippen molar-refractivity contribution in [2.45, 2.75) is 6.54 Å². The van der Waals surface area contributed by atoms with E-state index in [0.29, 0.717) is 5.56 Å². The second-order valence-corrected chi connectivity index (χ2v) is 6.20. The summed E-state index contributed by atoms with van der Waals surface area (Å²) in [4.78, 5) is 14.2. The Kier molecular flexibility index (Phi) is 4.81. The molecule has 6 heteroatoms. The van der Waals surface area contributed by atoms with Crippen molar-refractivity contribution in [1.29, 1.82) is 0 Å². The summed E-state index contributed by atoms with van der Waals surface area (Å²) in [6.07, 6.45) is 2.07. The predicted molar refractivity (Wildman–Crippen MR) is 88.2 cm³/mol. The zero-order valence-electron chi connectivity index (χ0n) is 12.5. The summed E-state index contributed by atoms with van der Waals surface area (Å²) in [7, 11) is 1.40. The van der Waals surface area contributed by atoms with Crippen LogP contribution in [0.4, 0.5) is 0 Å². The minimum atomic E-state index is -0.316. The number of ether oxygens (including phenoxy) is 2. The van der Waals surface area contributed by atoms with Crippen LogP contribution >= 0.6 is 15.9 Å². The molecule has 1 saturated heterocycles. The first-order valence-corrected chi connectivity index (χ1v) is 8.15. The zero-order chi connectivity index (χ0) is 15.5. The van der Waals surface area contributed by atoms with E-state index in [-0.39, 0.29) is 5.97 Å². The summed E-state index contributed by atoms with van der Waals surface area (Å²) in [6.45, 7) is 5.45. The lowest BCUT2D eigenvalue weighted by Crippen LogP contribution is -2.38. The predicted octanol–water partition coefficient (Wildman–Crippen LogP) is 2.52. The number of morpholine rings is 1. The molecule has 1 aromatic heterocycles. The van der Waals surface area contributed by atoms with Crippen LogP contribution in [0.5, 0.6) is 0 Å². The van der Waals surface area contributed by atoms with Crippen LogP contribution < -0.4 is 0 Å². The fraction of sp³-hybridized carbons (Fsp3) is 0.438. The number of benzene rings is 1. The Morgan fingerprint density at radius 1 is 1.32 bits per heavy atom. The van der Waals surface area contributed by atoms with Gasteiger partial charge in [-0.2, -0.15) is 0 Å². The molecule has 0 unspecified atom stereocenters. The number of esters is 1. The van der Waals surface area contributed by atoms with Gasteiger partial charge in [-0.15, -0.1) is 0 Å². The average molecular weight is 367 g/mol. The quantitative estimate of drug-likeness (QED) is 0.779. The van der Waals surface area contributed by atoms with Crippen LogP contribution in [0.25, 0.3) is 10.9 Å². The van der Waals surface area contributed by atoms with Gasteiger partial charge in [0, 0.05) is 42.2 Å². The Labute approximate surface area is 137 Å². The first-order chi connectivity index (χ1) is 10.7. The molecule has 22 heavy (non-hydrogen) atoms. The van der Waals surface area contributed by atoms with Crippen molar-refractivity contribution < 1.29 is 14.3 Å². The van der Waals surface area contributed by atoms with Crippen molar-refractivity contribution in [3.8, 4) is 0 Å². The Balaban J connectivity index is 1.83. The summed E-state index contributed by atoms with van der Waals surface area (Å²) >= 11 is 3.54. The third kappa shape index (κ3) is 3.19. The zero-order valence-corrected chi connectivity index (χ0v) is 14.1. The van der Waals surface area contributed by atoms with Gasteiger partial charge < -0.3 is 14.0 Å². The van der Waals surface area contributed by atoms with E-state index in [1.807, 2.05) is 6.07 Å². The highest BCUT2D eigenvalue weighted by Crippen LogP contribution is 2.27. The molecule has 0 atom stereocenters. The Hall–Kier alpha value is -1.37. The Bertz CT molecular complexity index is 677. The van der Waals surface area contributed by atoms with Gasteiger partial charge in [-0.1, -0.05) is 15.9 Å². The maximum absolute atomic E-state index is 11.8. The minimum absolute atomic E-state index is 0.316. The number of carbonyl (C=O) groups excluding carboxylic acids is 1. The Morgan fingerprint density at radius 2 is 2.09 bits per heavy atom. The van der Waals surface area contributed by atoms with Crippen LogP contribution in [-0.2, 0) is 16.0 Å². The molecule has 2 aromatic rings. The smallest absolute Gasteiger partial charge is 0.337 e. The fourth-order valence-corrected chi connectivity index (χ4v) is 3.34. The van der Waals surface area contributed by atoms with E-state index in [1.54, 1.807) is 6.07 Å². The highest BCUT2D eigenvalue weighted by Gasteiger charge is 2.14. The maximum atomic E-state index is 11.8. The second kappa shape index (κ2) is 6.81. The van der Waals surface area contributed by atoms with Gasteiger partial charge in [0.2, 0.25) is 0 Å². The van der Waals surface area contributed by atoms with Crippen LogP contribution in [-0.4, -0.2) is 55.4 Å². The first-order valence-electron chi connectivity index (χ1n) is 7.36. The molecule has 2 heterocycles. The number of methoxy groups -OCH3 is 1. The van der Waals surface area contributed by atoms with Crippen LogP contribution in [0.2, 0.25) is 0 Å². The lowest BCUT2D eigenvalue weighted by atomic mass is 10.1. The summed E-state index contributed by atoms with van der Waals surface area (Å²) < 4.78 is 13.3. The number of hydrogen-bond acceptors (Lipinski definition) is 4. The normalized spacial score (nSPS) is 16.1. The lowest BCUT2D eigenvalue weighted by molar-refractivity contribution is 0.0365. The standard InChI is InChI=1S/C16H19BrN2O3/c1-21-16(20)12-10-14(17)13-2-3-19(15(13)11-12)5-4-18-6-8-22-9-7-18/h2-3,10-11H,4-9H2,1H3. The van der Waals surface area contributed by atoms with Crippen molar-refractivity contribution in [2.24, 2.45) is 0 Å². The van der Waals surface area contributed by atoms with Gasteiger partial charge in [0.25, 0.3) is 0 Å². The summed E-state index contributed by atoms with van der Waals surface area (Å²) in [6, 6.07) is 5.77. The number of fused-ring (bicyclic) bond motifs is 1.